The Kier molecular flexibility index (Phi) is 4.44. The lowest BCUT2D eigenvalue weighted by atomic mass is 9.97. The molecule has 3 heterocycles. The fourth-order valence-corrected chi connectivity index (χ4v) is 5.31. The van der Waals surface area contributed by atoms with Crippen LogP contribution in [0.2, 0.25) is 0 Å². The molecule has 142 valence electrons. The van der Waals surface area contributed by atoms with Gasteiger partial charge in [-0.1, -0.05) is 12.0 Å². The van der Waals surface area contributed by atoms with Crippen molar-refractivity contribution in [2.24, 2.45) is 10.7 Å². The van der Waals surface area contributed by atoms with Crippen molar-refractivity contribution in [3.8, 4) is 22.8 Å². The molecule has 2 N–H and O–H groups in total. The molecule has 0 radical (unpaired) electrons. The Morgan fingerprint density at radius 1 is 1.44 bits per heavy atom. The number of nitrogens with two attached hydrogens (primary N) is 1. The van der Waals surface area contributed by atoms with Crippen molar-refractivity contribution in [2.45, 2.75) is 11.7 Å². The molecule has 1 aliphatic rings. The van der Waals surface area contributed by atoms with E-state index in [0.717, 1.165) is 24.5 Å². The molecule has 2 aromatic heterocycles. The minimum absolute atomic E-state index is 0.241. The molecule has 1 atom stereocenters. The lowest BCUT2D eigenvalue weighted by Gasteiger charge is -2.33. The SMILES string of the molecule is C#CC1(c2sc(-c3cccnc3)cc2C(F)(F)F)CS(=O)(=O)N(C)C(N)=N1. The van der Waals surface area contributed by atoms with Gasteiger partial charge < -0.3 is 5.73 Å². The summed E-state index contributed by atoms with van der Waals surface area (Å²) in [5.41, 5.74) is 2.97. The van der Waals surface area contributed by atoms with Gasteiger partial charge in [0.15, 0.2) is 5.54 Å². The third-order valence-electron chi connectivity index (χ3n) is 4.03. The van der Waals surface area contributed by atoms with Crippen LogP contribution in [0, 0.1) is 12.3 Å². The number of aromatic nitrogens is 1. The number of rotatable bonds is 2. The fourth-order valence-electron chi connectivity index (χ4n) is 2.62. The Hall–Kier alpha value is -2.58. The molecule has 0 saturated heterocycles. The van der Waals surface area contributed by atoms with Crippen LogP contribution < -0.4 is 5.73 Å². The first kappa shape index (κ1) is 19.2. The van der Waals surface area contributed by atoms with Gasteiger partial charge in [0.25, 0.3) is 0 Å². The zero-order valence-corrected chi connectivity index (χ0v) is 15.5. The number of aliphatic imine (C=N–C) groups is 1. The van der Waals surface area contributed by atoms with Crippen molar-refractivity contribution < 1.29 is 21.6 Å². The molecule has 6 nitrogen and oxygen atoms in total. The van der Waals surface area contributed by atoms with Crippen molar-refractivity contribution in [1.29, 1.82) is 0 Å². The van der Waals surface area contributed by atoms with Gasteiger partial charge in [-0.15, -0.1) is 17.8 Å². The van der Waals surface area contributed by atoms with E-state index < -0.39 is 43.9 Å². The standard InChI is InChI=1S/C16H13F3N4O2S2/c1-3-15(9-27(24,25)23(2)14(20)22-15)13-11(16(17,18)19)7-12(26-13)10-5-4-6-21-8-10/h1,4-8H,9H2,2H3,(H2,20,22). The lowest BCUT2D eigenvalue weighted by molar-refractivity contribution is -0.138. The van der Waals surface area contributed by atoms with E-state index in [1.165, 1.54) is 12.4 Å². The molecule has 0 bridgehead atoms. The zero-order chi connectivity index (χ0) is 20.0. The van der Waals surface area contributed by atoms with Crippen LogP contribution in [0.15, 0.2) is 35.6 Å². The first-order valence-corrected chi connectivity index (χ1v) is 9.84. The average Bonchev–Trinajstić information content (AvgIpc) is 3.06. The van der Waals surface area contributed by atoms with Gasteiger partial charge in [-0.3, -0.25) is 4.98 Å². The van der Waals surface area contributed by atoms with E-state index in [4.69, 9.17) is 12.2 Å². The topological polar surface area (TPSA) is 88.7 Å². The highest BCUT2D eigenvalue weighted by molar-refractivity contribution is 7.89. The predicted octanol–water partition coefficient (Wildman–Crippen LogP) is 2.25. The van der Waals surface area contributed by atoms with Gasteiger partial charge in [-0.2, -0.15) is 13.2 Å². The van der Waals surface area contributed by atoms with Crippen molar-refractivity contribution >= 4 is 27.3 Å². The second-order valence-corrected chi connectivity index (χ2v) is 8.84. The maximum atomic E-state index is 13.7. The number of guanidine groups is 1. The average molecular weight is 414 g/mol. The van der Waals surface area contributed by atoms with Crippen LogP contribution in [-0.4, -0.2) is 36.5 Å². The van der Waals surface area contributed by atoms with Crippen LogP contribution in [0.4, 0.5) is 13.2 Å². The number of thiophene rings is 1. The summed E-state index contributed by atoms with van der Waals surface area (Å²) in [4.78, 5) is 7.70. The normalized spacial score (nSPS) is 22.2. The molecule has 0 saturated carbocycles. The number of sulfonamides is 1. The lowest BCUT2D eigenvalue weighted by Crippen LogP contribution is -2.51. The number of hydrogen-bond donors (Lipinski definition) is 1. The Balaban J connectivity index is 2.29. The van der Waals surface area contributed by atoms with Gasteiger partial charge in [-0.25, -0.2) is 17.7 Å². The fraction of sp³-hybridized carbons (Fsp3) is 0.250. The van der Waals surface area contributed by atoms with E-state index >= 15 is 0 Å². The zero-order valence-electron chi connectivity index (χ0n) is 13.9. The third kappa shape index (κ3) is 3.26. The Bertz CT molecular complexity index is 1060. The third-order valence-corrected chi connectivity index (χ3v) is 7.17. The molecule has 0 amide bonds. The Labute approximate surface area is 157 Å². The Morgan fingerprint density at radius 2 is 2.15 bits per heavy atom. The van der Waals surface area contributed by atoms with Crippen molar-refractivity contribution in [2.75, 3.05) is 12.8 Å². The number of pyridine rings is 1. The van der Waals surface area contributed by atoms with Gasteiger partial charge in [0.1, 0.15) is 5.75 Å². The molecular formula is C16H13F3N4O2S2. The minimum atomic E-state index is -4.76. The van der Waals surface area contributed by atoms with Crippen LogP contribution in [0.5, 0.6) is 0 Å². The molecule has 0 aliphatic carbocycles. The van der Waals surface area contributed by atoms with Crippen molar-refractivity contribution in [3.05, 3.63) is 41.0 Å². The number of terminal acetylenes is 1. The second kappa shape index (κ2) is 6.24. The van der Waals surface area contributed by atoms with Crippen LogP contribution in [0.1, 0.15) is 10.4 Å². The van der Waals surface area contributed by atoms with Crippen LogP contribution in [0.25, 0.3) is 10.4 Å². The van der Waals surface area contributed by atoms with Crippen LogP contribution >= 0.6 is 11.3 Å². The van der Waals surface area contributed by atoms with Gasteiger partial charge >= 0.3 is 6.18 Å². The smallest absolute Gasteiger partial charge is 0.369 e. The van der Waals surface area contributed by atoms with Crippen LogP contribution in [-0.2, 0) is 21.7 Å². The molecule has 27 heavy (non-hydrogen) atoms. The van der Waals surface area contributed by atoms with Crippen molar-refractivity contribution in [3.63, 3.8) is 0 Å². The molecule has 0 aromatic carbocycles. The molecular weight excluding hydrogens is 401 g/mol. The molecule has 0 fully saturated rings. The highest BCUT2D eigenvalue weighted by Crippen LogP contribution is 2.47. The van der Waals surface area contributed by atoms with Gasteiger partial charge in [0.2, 0.25) is 16.0 Å². The molecule has 2 aromatic rings. The molecule has 1 aliphatic heterocycles. The molecule has 0 spiro atoms. The summed E-state index contributed by atoms with van der Waals surface area (Å²) >= 11 is 0.725. The second-order valence-electron chi connectivity index (χ2n) is 5.79. The summed E-state index contributed by atoms with van der Waals surface area (Å²) in [7, 11) is -2.87. The van der Waals surface area contributed by atoms with E-state index in [9.17, 15) is 21.6 Å². The van der Waals surface area contributed by atoms with E-state index in [0.29, 0.717) is 9.87 Å². The summed E-state index contributed by atoms with van der Waals surface area (Å²) in [6, 6.07) is 4.09. The van der Waals surface area contributed by atoms with Gasteiger partial charge in [-0.05, 0) is 12.1 Å². The first-order chi connectivity index (χ1) is 12.5. The van der Waals surface area contributed by atoms with E-state index in [1.54, 1.807) is 12.1 Å². The maximum absolute atomic E-state index is 13.7. The summed E-state index contributed by atoms with van der Waals surface area (Å²) < 4.78 is 66.5. The highest BCUT2D eigenvalue weighted by Gasteiger charge is 2.49. The summed E-state index contributed by atoms with van der Waals surface area (Å²) in [5, 5.41) is 0. The monoisotopic (exact) mass is 414 g/mol. The summed E-state index contributed by atoms with van der Waals surface area (Å²) in [6.45, 7) is 0. The molecule has 11 heteroatoms. The first-order valence-electron chi connectivity index (χ1n) is 7.42. The summed E-state index contributed by atoms with van der Waals surface area (Å²) in [6.07, 6.45) is 3.62. The molecule has 3 rings (SSSR count). The Morgan fingerprint density at radius 3 is 2.67 bits per heavy atom. The van der Waals surface area contributed by atoms with Crippen LogP contribution in [0.3, 0.4) is 0 Å². The van der Waals surface area contributed by atoms with E-state index in [-0.39, 0.29) is 4.88 Å². The van der Waals surface area contributed by atoms with E-state index in [1.807, 2.05) is 0 Å². The number of hydrogen-bond acceptors (Lipinski definition) is 6. The molecule has 1 unspecified atom stereocenters. The van der Waals surface area contributed by atoms with Gasteiger partial charge in [0.05, 0.1) is 10.4 Å². The maximum Gasteiger partial charge on any atom is 0.417 e. The van der Waals surface area contributed by atoms with E-state index in [2.05, 4.69) is 15.9 Å². The summed E-state index contributed by atoms with van der Waals surface area (Å²) in [5.74, 6) is 0.855. The van der Waals surface area contributed by atoms with Gasteiger partial charge in [0, 0.05) is 29.9 Å². The van der Waals surface area contributed by atoms with Crippen molar-refractivity contribution in [1.82, 2.24) is 9.29 Å². The largest absolute Gasteiger partial charge is 0.417 e. The minimum Gasteiger partial charge on any atom is -0.369 e. The number of nitrogens with zero attached hydrogens (tertiary/aromatic N) is 3. The predicted molar refractivity (Wildman–Crippen MR) is 96.2 cm³/mol. The highest BCUT2D eigenvalue weighted by atomic mass is 32.2. The number of alkyl halides is 3. The number of halogens is 3. The quantitative estimate of drug-likeness (QED) is 0.764.